The summed E-state index contributed by atoms with van der Waals surface area (Å²) in [7, 11) is 0. The molecule has 2 heteroatoms. The quantitative estimate of drug-likeness (QED) is 0.645. The van der Waals surface area contributed by atoms with Crippen molar-refractivity contribution in [3.63, 3.8) is 0 Å². The first kappa shape index (κ1) is 9.10. The zero-order valence-corrected chi connectivity index (χ0v) is 8.66. The zero-order chi connectivity index (χ0) is 10.3. The van der Waals surface area contributed by atoms with Crippen molar-refractivity contribution in [1.29, 1.82) is 0 Å². The third-order valence-electron chi connectivity index (χ3n) is 3.51. The van der Waals surface area contributed by atoms with Crippen LogP contribution in [0.25, 0.3) is 0 Å². The average Bonchev–Trinajstić information content (AvgIpc) is 2.54. The SMILES string of the molecule is O=C1c2ccccc2C[C@]12CCCCO2. The molecule has 1 aromatic carbocycles. The molecule has 0 saturated carbocycles. The minimum Gasteiger partial charge on any atom is -0.366 e. The van der Waals surface area contributed by atoms with Gasteiger partial charge in [-0.2, -0.15) is 0 Å². The van der Waals surface area contributed by atoms with E-state index in [-0.39, 0.29) is 5.78 Å². The standard InChI is InChI=1S/C13H14O2/c14-12-11-6-2-1-5-10(11)9-13(12)7-3-4-8-15-13/h1-2,5-6H,3-4,7-9H2/t13-/m1/s1. The summed E-state index contributed by atoms with van der Waals surface area (Å²) in [4.78, 5) is 12.2. The van der Waals surface area contributed by atoms with Crippen LogP contribution in [0.2, 0.25) is 0 Å². The molecule has 1 spiro atoms. The summed E-state index contributed by atoms with van der Waals surface area (Å²) in [6.07, 6.45) is 3.87. The summed E-state index contributed by atoms with van der Waals surface area (Å²) in [5, 5.41) is 0. The summed E-state index contributed by atoms with van der Waals surface area (Å²) in [5.74, 6) is 0.206. The van der Waals surface area contributed by atoms with E-state index in [0.717, 1.165) is 43.4 Å². The Balaban J connectivity index is 2.01. The largest absolute Gasteiger partial charge is 0.366 e. The fourth-order valence-corrected chi connectivity index (χ4v) is 2.70. The summed E-state index contributed by atoms with van der Waals surface area (Å²) < 4.78 is 5.77. The van der Waals surface area contributed by atoms with Crippen LogP contribution in [0.4, 0.5) is 0 Å². The van der Waals surface area contributed by atoms with E-state index in [0.29, 0.717) is 0 Å². The molecule has 15 heavy (non-hydrogen) atoms. The Morgan fingerprint density at radius 1 is 1.20 bits per heavy atom. The monoisotopic (exact) mass is 202 g/mol. The van der Waals surface area contributed by atoms with E-state index in [1.807, 2.05) is 24.3 Å². The van der Waals surface area contributed by atoms with E-state index >= 15 is 0 Å². The van der Waals surface area contributed by atoms with Crippen molar-refractivity contribution >= 4 is 5.78 Å². The first-order chi connectivity index (χ1) is 7.32. The molecule has 0 radical (unpaired) electrons. The van der Waals surface area contributed by atoms with Gasteiger partial charge in [0.2, 0.25) is 0 Å². The lowest BCUT2D eigenvalue weighted by molar-refractivity contribution is -0.0491. The van der Waals surface area contributed by atoms with Gasteiger partial charge in [0.25, 0.3) is 0 Å². The highest BCUT2D eigenvalue weighted by molar-refractivity contribution is 6.07. The van der Waals surface area contributed by atoms with E-state index < -0.39 is 5.60 Å². The molecule has 1 aliphatic heterocycles. The molecule has 0 aromatic heterocycles. The van der Waals surface area contributed by atoms with Crippen LogP contribution in [-0.4, -0.2) is 18.0 Å². The second kappa shape index (κ2) is 3.17. The van der Waals surface area contributed by atoms with Crippen molar-refractivity contribution in [3.05, 3.63) is 35.4 Å². The summed E-state index contributed by atoms with van der Waals surface area (Å²) >= 11 is 0. The van der Waals surface area contributed by atoms with Crippen molar-refractivity contribution in [2.24, 2.45) is 0 Å². The zero-order valence-electron chi connectivity index (χ0n) is 8.66. The lowest BCUT2D eigenvalue weighted by atomic mass is 9.90. The third kappa shape index (κ3) is 1.25. The maximum absolute atomic E-state index is 12.2. The van der Waals surface area contributed by atoms with Crippen molar-refractivity contribution in [1.82, 2.24) is 0 Å². The molecular formula is C13H14O2. The number of hydrogen-bond donors (Lipinski definition) is 0. The maximum atomic E-state index is 12.2. The van der Waals surface area contributed by atoms with Gasteiger partial charge in [0.05, 0.1) is 0 Å². The topological polar surface area (TPSA) is 26.3 Å². The van der Waals surface area contributed by atoms with Crippen molar-refractivity contribution < 1.29 is 9.53 Å². The predicted octanol–water partition coefficient (Wildman–Crippen LogP) is 2.36. The highest BCUT2D eigenvalue weighted by Crippen LogP contribution is 2.38. The second-order valence-electron chi connectivity index (χ2n) is 4.46. The number of Topliss-reactive ketones (excluding diaryl/α,β-unsaturated/α-hetero) is 1. The van der Waals surface area contributed by atoms with Crippen molar-refractivity contribution in [2.75, 3.05) is 6.61 Å². The predicted molar refractivity (Wildman–Crippen MR) is 57.0 cm³/mol. The van der Waals surface area contributed by atoms with Crippen LogP contribution in [0.1, 0.15) is 35.2 Å². The van der Waals surface area contributed by atoms with Gasteiger partial charge in [-0.25, -0.2) is 0 Å². The lowest BCUT2D eigenvalue weighted by Crippen LogP contribution is -2.42. The van der Waals surface area contributed by atoms with Gasteiger partial charge in [-0.3, -0.25) is 4.79 Å². The van der Waals surface area contributed by atoms with Gasteiger partial charge in [0.1, 0.15) is 5.60 Å². The molecule has 1 atom stereocenters. The van der Waals surface area contributed by atoms with Gasteiger partial charge in [-0.05, 0) is 24.8 Å². The van der Waals surface area contributed by atoms with Gasteiger partial charge in [-0.15, -0.1) is 0 Å². The number of hydrogen-bond acceptors (Lipinski definition) is 2. The van der Waals surface area contributed by atoms with Crippen LogP contribution in [0.5, 0.6) is 0 Å². The number of rotatable bonds is 0. The number of ether oxygens (including phenoxy) is 1. The Hall–Kier alpha value is -1.15. The van der Waals surface area contributed by atoms with Crippen LogP contribution in [-0.2, 0) is 11.2 Å². The Bertz CT molecular complexity index is 403. The molecule has 2 nitrogen and oxygen atoms in total. The first-order valence-electron chi connectivity index (χ1n) is 5.58. The fourth-order valence-electron chi connectivity index (χ4n) is 2.70. The highest BCUT2D eigenvalue weighted by Gasteiger charge is 2.46. The van der Waals surface area contributed by atoms with Gasteiger partial charge in [0.15, 0.2) is 5.78 Å². The number of carbonyl (C=O) groups is 1. The van der Waals surface area contributed by atoms with E-state index in [2.05, 4.69) is 0 Å². The summed E-state index contributed by atoms with van der Waals surface area (Å²) in [6, 6.07) is 7.89. The van der Waals surface area contributed by atoms with Crippen LogP contribution in [0.3, 0.4) is 0 Å². The summed E-state index contributed by atoms with van der Waals surface area (Å²) in [5.41, 5.74) is 1.53. The average molecular weight is 202 g/mol. The highest BCUT2D eigenvalue weighted by atomic mass is 16.5. The number of fused-ring (bicyclic) bond motifs is 1. The molecule has 0 N–H and O–H groups in total. The molecule has 0 unspecified atom stereocenters. The van der Waals surface area contributed by atoms with Crippen molar-refractivity contribution in [2.45, 2.75) is 31.3 Å². The molecule has 1 fully saturated rings. The van der Waals surface area contributed by atoms with Crippen molar-refractivity contribution in [3.8, 4) is 0 Å². The molecule has 3 rings (SSSR count). The second-order valence-corrected chi connectivity index (χ2v) is 4.46. The third-order valence-corrected chi connectivity index (χ3v) is 3.51. The summed E-state index contributed by atoms with van der Waals surface area (Å²) in [6.45, 7) is 0.736. The maximum Gasteiger partial charge on any atom is 0.195 e. The Kier molecular flexibility index (Phi) is 1.93. The lowest BCUT2D eigenvalue weighted by Gasteiger charge is -2.31. The van der Waals surface area contributed by atoms with Crippen LogP contribution >= 0.6 is 0 Å². The molecular weight excluding hydrogens is 188 g/mol. The van der Waals surface area contributed by atoms with Gasteiger partial charge < -0.3 is 4.74 Å². The fraction of sp³-hybridized carbons (Fsp3) is 0.462. The Morgan fingerprint density at radius 2 is 2.07 bits per heavy atom. The molecule has 1 aliphatic carbocycles. The molecule has 0 bridgehead atoms. The van der Waals surface area contributed by atoms with Crippen LogP contribution in [0.15, 0.2) is 24.3 Å². The number of carbonyl (C=O) groups excluding carboxylic acids is 1. The van der Waals surface area contributed by atoms with Gasteiger partial charge in [-0.1, -0.05) is 24.3 Å². The Morgan fingerprint density at radius 3 is 2.80 bits per heavy atom. The van der Waals surface area contributed by atoms with Gasteiger partial charge in [0, 0.05) is 18.6 Å². The molecule has 1 aromatic rings. The molecule has 0 amide bonds. The first-order valence-corrected chi connectivity index (χ1v) is 5.58. The number of ketones is 1. The molecule has 1 saturated heterocycles. The van der Waals surface area contributed by atoms with Gasteiger partial charge >= 0.3 is 0 Å². The number of benzene rings is 1. The van der Waals surface area contributed by atoms with Crippen LogP contribution < -0.4 is 0 Å². The molecule has 1 heterocycles. The Labute approximate surface area is 89.2 Å². The van der Waals surface area contributed by atoms with E-state index in [1.165, 1.54) is 0 Å². The minimum atomic E-state index is -0.498. The molecule has 78 valence electrons. The van der Waals surface area contributed by atoms with Crippen LogP contribution in [0, 0.1) is 0 Å². The normalized spacial score (nSPS) is 29.5. The van der Waals surface area contributed by atoms with E-state index in [9.17, 15) is 4.79 Å². The van der Waals surface area contributed by atoms with E-state index in [4.69, 9.17) is 4.74 Å². The minimum absolute atomic E-state index is 0.206. The molecule has 2 aliphatic rings. The smallest absolute Gasteiger partial charge is 0.195 e. The van der Waals surface area contributed by atoms with E-state index in [1.54, 1.807) is 0 Å².